The molecule has 122 valence electrons. The highest BCUT2D eigenvalue weighted by atomic mass is 35.5. The molecule has 1 aliphatic carbocycles. The highest BCUT2D eigenvalue weighted by molar-refractivity contribution is 6.24. The van der Waals surface area contributed by atoms with Crippen molar-refractivity contribution in [1.29, 1.82) is 0 Å². The van der Waals surface area contributed by atoms with Crippen LogP contribution >= 0.6 is 11.8 Å². The Morgan fingerprint density at radius 2 is 1.95 bits per heavy atom. The van der Waals surface area contributed by atoms with Gasteiger partial charge in [-0.2, -0.15) is 13.2 Å². The van der Waals surface area contributed by atoms with Crippen LogP contribution in [0.25, 0.3) is 0 Å². The molecule has 5 nitrogen and oxygen atoms in total. The summed E-state index contributed by atoms with van der Waals surface area (Å²) in [5, 5.41) is 0. The minimum Gasteiger partial charge on any atom is -0.381 e. The number of rotatable bonds is 3. The van der Waals surface area contributed by atoms with Crippen molar-refractivity contribution in [3.63, 3.8) is 0 Å². The molecule has 1 saturated carbocycles. The number of halogens is 4. The minimum atomic E-state index is -4.63. The second kappa shape index (κ2) is 6.78. The zero-order valence-corrected chi connectivity index (χ0v) is 12.6. The van der Waals surface area contributed by atoms with Crippen molar-refractivity contribution in [3.05, 3.63) is 23.8 Å². The molecule has 0 aliphatic heterocycles. The lowest BCUT2D eigenvalue weighted by atomic mass is 9.93. The molecule has 1 aromatic rings. The third kappa shape index (κ3) is 3.86. The van der Waals surface area contributed by atoms with Crippen LogP contribution < -0.4 is 0 Å². The van der Waals surface area contributed by atoms with Crippen molar-refractivity contribution in [2.24, 2.45) is 0 Å². The van der Waals surface area contributed by atoms with E-state index in [-0.39, 0.29) is 17.8 Å². The van der Waals surface area contributed by atoms with Gasteiger partial charge in [-0.05, 0) is 25.7 Å². The summed E-state index contributed by atoms with van der Waals surface area (Å²) in [6, 6.07) is 0.364. The average molecular weight is 338 g/mol. The molecule has 1 aliphatic rings. The lowest BCUT2D eigenvalue weighted by Crippen LogP contribution is -2.37. The average Bonchev–Trinajstić information content (AvgIpc) is 2.53. The maximum absolute atomic E-state index is 12.6. The van der Waals surface area contributed by atoms with Crippen LogP contribution in [0.4, 0.5) is 13.2 Å². The number of alkyl halides is 3. The van der Waals surface area contributed by atoms with Gasteiger partial charge in [0.1, 0.15) is 17.7 Å². The number of methoxy groups -OCH3 is 1. The summed E-state index contributed by atoms with van der Waals surface area (Å²) < 4.78 is 44.0. The Morgan fingerprint density at radius 1 is 1.32 bits per heavy atom. The first-order valence-corrected chi connectivity index (χ1v) is 7.08. The van der Waals surface area contributed by atoms with Crippen LogP contribution in [0.5, 0.6) is 0 Å². The molecule has 1 heterocycles. The van der Waals surface area contributed by atoms with Crippen LogP contribution in [0.3, 0.4) is 0 Å². The van der Waals surface area contributed by atoms with E-state index in [1.165, 1.54) is 0 Å². The van der Waals surface area contributed by atoms with E-state index >= 15 is 0 Å². The van der Waals surface area contributed by atoms with Gasteiger partial charge in [-0.1, -0.05) is 0 Å². The van der Waals surface area contributed by atoms with Gasteiger partial charge in [0, 0.05) is 31.0 Å². The van der Waals surface area contributed by atoms with Gasteiger partial charge in [-0.25, -0.2) is 14.4 Å². The molecule has 1 fully saturated rings. The first-order valence-electron chi connectivity index (χ1n) is 6.74. The van der Waals surface area contributed by atoms with Crippen molar-refractivity contribution in [2.45, 2.75) is 44.0 Å². The first kappa shape index (κ1) is 17.0. The lowest BCUT2D eigenvalue weighted by Gasteiger charge is -2.31. The smallest absolute Gasteiger partial charge is 0.381 e. The molecule has 0 saturated heterocycles. The zero-order valence-electron chi connectivity index (χ0n) is 11.8. The van der Waals surface area contributed by atoms with Gasteiger partial charge < -0.3 is 4.74 Å². The Morgan fingerprint density at radius 3 is 2.50 bits per heavy atom. The fraction of sp³-hybridized carbons (Fsp3) is 0.615. The maximum Gasteiger partial charge on any atom is 0.433 e. The normalized spacial score (nSPS) is 22.4. The van der Waals surface area contributed by atoms with Crippen LogP contribution in [0.15, 0.2) is 12.4 Å². The third-order valence-corrected chi connectivity index (χ3v) is 4.10. The summed E-state index contributed by atoms with van der Waals surface area (Å²) >= 11 is 6.00. The van der Waals surface area contributed by atoms with Gasteiger partial charge in [0.15, 0.2) is 0 Å². The van der Waals surface area contributed by atoms with E-state index in [1.807, 2.05) is 0 Å². The van der Waals surface area contributed by atoms with Crippen LogP contribution in [-0.2, 0) is 10.9 Å². The molecule has 0 aromatic carbocycles. The van der Waals surface area contributed by atoms with Crippen LogP contribution in [0.1, 0.15) is 41.9 Å². The molecule has 0 bridgehead atoms. The molecule has 0 radical (unpaired) electrons. The summed E-state index contributed by atoms with van der Waals surface area (Å²) in [6.45, 7) is 0. The Bertz CT molecular complexity index is 534. The van der Waals surface area contributed by atoms with Gasteiger partial charge in [0.05, 0.1) is 6.10 Å². The lowest BCUT2D eigenvalue weighted by molar-refractivity contribution is -0.141. The van der Waals surface area contributed by atoms with Crippen molar-refractivity contribution in [2.75, 3.05) is 7.11 Å². The maximum atomic E-state index is 12.6. The monoisotopic (exact) mass is 337 g/mol. The Balaban J connectivity index is 2.08. The minimum absolute atomic E-state index is 0.132. The van der Waals surface area contributed by atoms with E-state index in [0.29, 0.717) is 25.2 Å². The summed E-state index contributed by atoms with van der Waals surface area (Å²) in [4.78, 5) is 18.9. The predicted octanol–water partition coefficient (Wildman–Crippen LogP) is 3.05. The van der Waals surface area contributed by atoms with E-state index in [9.17, 15) is 18.0 Å². The van der Waals surface area contributed by atoms with E-state index in [2.05, 4.69) is 9.97 Å². The number of ether oxygens (including phenoxy) is 1. The standard InChI is InChI=1S/C13H15ClF3N3O2/c1-22-9-4-2-8(3-5-9)20(14)12(21)10-6-11(13(15,16)17)19-7-18-10/h6-9H,2-5H2,1H3. The number of hydrogen-bond acceptors (Lipinski definition) is 4. The summed E-state index contributed by atoms with van der Waals surface area (Å²) in [5.74, 6) is -0.754. The van der Waals surface area contributed by atoms with E-state index in [0.717, 1.165) is 17.3 Å². The van der Waals surface area contributed by atoms with Crippen molar-refractivity contribution < 1.29 is 22.7 Å². The van der Waals surface area contributed by atoms with Crippen molar-refractivity contribution >= 4 is 17.7 Å². The van der Waals surface area contributed by atoms with E-state index in [1.54, 1.807) is 7.11 Å². The third-order valence-electron chi connectivity index (χ3n) is 3.67. The summed E-state index contributed by atoms with van der Waals surface area (Å²) in [6.07, 6.45) is -1.04. The van der Waals surface area contributed by atoms with Crippen molar-refractivity contribution in [3.8, 4) is 0 Å². The zero-order chi connectivity index (χ0) is 16.3. The molecule has 0 atom stereocenters. The first-order chi connectivity index (χ1) is 10.3. The number of carbonyl (C=O) groups excluding carboxylic acids is 1. The number of amides is 1. The molecule has 9 heteroatoms. The molecule has 1 amide bonds. The van der Waals surface area contributed by atoms with Gasteiger partial charge >= 0.3 is 6.18 Å². The van der Waals surface area contributed by atoms with Gasteiger partial charge in [-0.15, -0.1) is 0 Å². The number of nitrogens with zero attached hydrogens (tertiary/aromatic N) is 3. The highest BCUT2D eigenvalue weighted by Crippen LogP contribution is 2.29. The summed E-state index contributed by atoms with van der Waals surface area (Å²) in [7, 11) is 1.62. The number of aromatic nitrogens is 2. The Hall–Kier alpha value is -1.41. The topological polar surface area (TPSA) is 55.3 Å². The molecule has 2 rings (SSSR count). The SMILES string of the molecule is COC1CCC(N(Cl)C(=O)c2cc(C(F)(F)F)ncn2)CC1. The number of hydrogen-bond donors (Lipinski definition) is 0. The molecular formula is C13H15ClF3N3O2. The predicted molar refractivity (Wildman–Crippen MR) is 72.1 cm³/mol. The quantitative estimate of drug-likeness (QED) is 0.795. The molecule has 0 unspecified atom stereocenters. The van der Waals surface area contributed by atoms with Gasteiger partial charge in [-0.3, -0.25) is 4.79 Å². The fourth-order valence-corrected chi connectivity index (χ4v) is 2.69. The Kier molecular flexibility index (Phi) is 5.23. The molecule has 1 aromatic heterocycles. The summed E-state index contributed by atoms with van der Waals surface area (Å²) in [5.41, 5.74) is -1.54. The fourth-order valence-electron chi connectivity index (χ4n) is 2.41. The van der Waals surface area contributed by atoms with Gasteiger partial charge in [0.25, 0.3) is 5.91 Å². The van der Waals surface area contributed by atoms with E-state index < -0.39 is 17.8 Å². The molecule has 0 N–H and O–H groups in total. The van der Waals surface area contributed by atoms with E-state index in [4.69, 9.17) is 16.5 Å². The molecular weight excluding hydrogens is 323 g/mol. The molecule has 0 spiro atoms. The highest BCUT2D eigenvalue weighted by Gasteiger charge is 2.35. The molecule has 22 heavy (non-hydrogen) atoms. The van der Waals surface area contributed by atoms with Crippen molar-refractivity contribution in [1.82, 2.24) is 14.4 Å². The Labute approximate surface area is 130 Å². The second-order valence-electron chi connectivity index (χ2n) is 5.07. The van der Waals surface area contributed by atoms with Crippen LogP contribution in [-0.4, -0.2) is 39.5 Å². The largest absolute Gasteiger partial charge is 0.433 e. The van der Waals surface area contributed by atoms with Gasteiger partial charge in [0.2, 0.25) is 0 Å². The van der Waals surface area contributed by atoms with Crippen LogP contribution in [0.2, 0.25) is 0 Å². The van der Waals surface area contributed by atoms with Crippen LogP contribution in [0, 0.1) is 0 Å². The number of carbonyl (C=O) groups is 1. The second-order valence-corrected chi connectivity index (χ2v) is 5.43.